The Bertz CT molecular complexity index is 356. The molecule has 0 saturated heterocycles. The largest absolute Gasteiger partial charge is 0.303 e. The number of nitrogens with zero attached hydrogens (tertiary/aromatic N) is 1. The van der Waals surface area contributed by atoms with E-state index in [1.807, 2.05) is 0 Å². The molecule has 0 heterocycles. The Labute approximate surface area is 99.1 Å². The van der Waals surface area contributed by atoms with Crippen LogP contribution < -0.4 is 0 Å². The topological polar surface area (TPSA) is 60.2 Å². The maximum Gasteiger partial charge on any atom is 0.211 e. The molecule has 1 aromatic rings. The molecule has 0 amide bonds. The van der Waals surface area contributed by atoms with E-state index >= 15 is 0 Å². The van der Waals surface area contributed by atoms with E-state index in [-0.39, 0.29) is 26.5 Å². The smallest absolute Gasteiger partial charge is 0.211 e. The van der Waals surface area contributed by atoms with E-state index in [2.05, 4.69) is 0 Å². The molecule has 1 aromatic carbocycles. The summed E-state index contributed by atoms with van der Waals surface area (Å²) in [5.41, 5.74) is 0.611. The van der Waals surface area contributed by atoms with Gasteiger partial charge in [0.25, 0.3) is 0 Å². The molecule has 0 bridgehead atoms. The highest BCUT2D eigenvalue weighted by Gasteiger charge is 2.17. The van der Waals surface area contributed by atoms with Crippen molar-refractivity contribution < 1.29 is 14.1 Å². The van der Waals surface area contributed by atoms with Crippen molar-refractivity contribution in [3.05, 3.63) is 45.8 Å². The Morgan fingerprint density at radius 2 is 1.94 bits per heavy atom. The molecule has 0 radical (unpaired) electrons. The van der Waals surface area contributed by atoms with E-state index in [9.17, 15) is 19.3 Å². The van der Waals surface area contributed by atoms with Crippen molar-refractivity contribution in [1.29, 1.82) is 0 Å². The average Bonchev–Trinajstić information content (AvgIpc) is 2.17. The monoisotopic (exact) mass is 245 g/mol. The van der Waals surface area contributed by atoms with Crippen molar-refractivity contribution in [2.75, 3.05) is 6.54 Å². The van der Waals surface area contributed by atoms with E-state index in [4.69, 9.17) is 0 Å². The van der Waals surface area contributed by atoms with Crippen molar-refractivity contribution in [1.82, 2.24) is 0 Å². The van der Waals surface area contributed by atoms with Crippen LogP contribution in [0.1, 0.15) is 17.9 Å². The lowest BCUT2D eigenvalue weighted by atomic mass is 9.96. The number of carbonyl (C=O) groups excluding carboxylic acids is 1. The first kappa shape index (κ1) is 14.6. The van der Waals surface area contributed by atoms with Crippen molar-refractivity contribution in [2.24, 2.45) is 0 Å². The van der Waals surface area contributed by atoms with Gasteiger partial charge < -0.3 is 4.79 Å². The summed E-state index contributed by atoms with van der Waals surface area (Å²) in [6.07, 6.45) is 0.712. The van der Waals surface area contributed by atoms with Gasteiger partial charge in [0.05, 0.1) is 5.92 Å². The van der Waals surface area contributed by atoms with Crippen molar-refractivity contribution in [2.45, 2.75) is 12.3 Å². The Balaban J connectivity index is 0.00000225. The van der Waals surface area contributed by atoms with E-state index in [1.54, 1.807) is 0 Å². The van der Waals surface area contributed by atoms with Gasteiger partial charge in [-0.15, -0.1) is 0 Å². The summed E-state index contributed by atoms with van der Waals surface area (Å²) in [6.45, 7) is -0.315. The van der Waals surface area contributed by atoms with Gasteiger partial charge in [-0.05, 0) is 17.7 Å². The maximum atomic E-state index is 12.6. The fourth-order valence-corrected chi connectivity index (χ4v) is 1.35. The minimum atomic E-state index is -0.475. The van der Waals surface area contributed by atoms with E-state index < -0.39 is 16.7 Å². The van der Waals surface area contributed by atoms with Crippen molar-refractivity contribution >= 4 is 19.8 Å². The first-order valence-corrected chi connectivity index (χ1v) is 4.44. The normalized spacial score (nSPS) is 11.3. The van der Waals surface area contributed by atoms with Gasteiger partial charge in [-0.1, -0.05) is 12.1 Å². The van der Waals surface area contributed by atoms with Crippen LogP contribution >= 0.6 is 13.5 Å². The van der Waals surface area contributed by atoms with Gasteiger partial charge in [0, 0.05) is 11.3 Å². The molecule has 4 nitrogen and oxygen atoms in total. The SMILES string of the molecule is O=CC[C@H](C[N+](=O)[O-])c1ccc(F)cc1.S. The summed E-state index contributed by atoms with van der Waals surface area (Å²) < 4.78 is 12.6. The summed E-state index contributed by atoms with van der Waals surface area (Å²) >= 11 is 0. The molecule has 0 unspecified atom stereocenters. The van der Waals surface area contributed by atoms with Gasteiger partial charge in [-0.2, -0.15) is 13.5 Å². The first-order valence-electron chi connectivity index (χ1n) is 4.44. The van der Waals surface area contributed by atoms with Crippen molar-refractivity contribution in [3.8, 4) is 0 Å². The zero-order valence-electron chi connectivity index (χ0n) is 8.43. The standard InChI is InChI=1S/C10H10FNO3.H2S/c11-10-3-1-8(2-4-10)9(5-6-13)7-12(14)15;/h1-4,6,9H,5,7H2;1H2/t9-;/m1./s1. The van der Waals surface area contributed by atoms with Crippen LogP contribution in [0.15, 0.2) is 24.3 Å². The number of rotatable bonds is 5. The lowest BCUT2D eigenvalue weighted by molar-refractivity contribution is -0.483. The Morgan fingerprint density at radius 3 is 2.38 bits per heavy atom. The van der Waals surface area contributed by atoms with Gasteiger partial charge >= 0.3 is 0 Å². The summed E-state index contributed by atoms with van der Waals surface area (Å²) in [5.74, 6) is -0.872. The Kier molecular flexibility index (Phi) is 6.32. The second-order valence-corrected chi connectivity index (χ2v) is 3.17. The molecule has 6 heteroatoms. The van der Waals surface area contributed by atoms with E-state index in [0.29, 0.717) is 11.8 Å². The molecule has 0 fully saturated rings. The highest BCUT2D eigenvalue weighted by atomic mass is 32.1. The molecule has 1 rings (SSSR count). The Morgan fingerprint density at radius 1 is 1.38 bits per heavy atom. The second kappa shape index (κ2) is 6.95. The van der Waals surface area contributed by atoms with Gasteiger partial charge in [-0.25, -0.2) is 4.39 Å². The van der Waals surface area contributed by atoms with Crippen molar-refractivity contribution in [3.63, 3.8) is 0 Å². The highest BCUT2D eigenvalue weighted by molar-refractivity contribution is 7.59. The van der Waals surface area contributed by atoms with Crippen LogP contribution in [0.3, 0.4) is 0 Å². The predicted octanol–water partition coefficient (Wildman–Crippen LogP) is 1.89. The fraction of sp³-hybridized carbons (Fsp3) is 0.300. The molecule has 0 N–H and O–H groups in total. The molecule has 1 atom stereocenters. The minimum absolute atomic E-state index is 0. The minimum Gasteiger partial charge on any atom is -0.303 e. The highest BCUT2D eigenvalue weighted by Crippen LogP contribution is 2.19. The average molecular weight is 245 g/mol. The second-order valence-electron chi connectivity index (χ2n) is 3.17. The number of halogens is 1. The number of carbonyl (C=O) groups is 1. The third kappa shape index (κ3) is 4.39. The summed E-state index contributed by atoms with van der Waals surface area (Å²) in [4.78, 5) is 20.2. The van der Waals surface area contributed by atoms with E-state index in [1.165, 1.54) is 24.3 Å². The first-order chi connectivity index (χ1) is 7.13. The number of hydrogen-bond acceptors (Lipinski definition) is 3. The number of nitro groups is 1. The predicted molar refractivity (Wildman–Crippen MR) is 62.1 cm³/mol. The van der Waals surface area contributed by atoms with Crippen LogP contribution in [-0.4, -0.2) is 17.8 Å². The van der Waals surface area contributed by atoms with Crippen LogP contribution in [0, 0.1) is 15.9 Å². The summed E-state index contributed by atoms with van der Waals surface area (Å²) in [7, 11) is 0. The molecule has 0 aliphatic rings. The van der Waals surface area contributed by atoms with Gasteiger partial charge in [0.1, 0.15) is 12.1 Å². The van der Waals surface area contributed by atoms with Crippen LogP contribution in [0.2, 0.25) is 0 Å². The van der Waals surface area contributed by atoms with Gasteiger partial charge in [0.15, 0.2) is 0 Å². The number of benzene rings is 1. The lowest BCUT2D eigenvalue weighted by Crippen LogP contribution is -2.13. The van der Waals surface area contributed by atoms with E-state index in [0.717, 1.165) is 0 Å². The molecular formula is C10H12FNO3S. The van der Waals surface area contributed by atoms with Crippen LogP contribution in [0.25, 0.3) is 0 Å². The molecule has 16 heavy (non-hydrogen) atoms. The lowest BCUT2D eigenvalue weighted by Gasteiger charge is -2.09. The quantitative estimate of drug-likeness (QED) is 0.452. The van der Waals surface area contributed by atoms with Gasteiger partial charge in [0.2, 0.25) is 6.54 Å². The van der Waals surface area contributed by atoms with Crippen LogP contribution in [0.5, 0.6) is 0 Å². The number of aldehydes is 1. The summed E-state index contributed by atoms with van der Waals surface area (Å²) in [5, 5.41) is 10.3. The number of hydrogen-bond donors (Lipinski definition) is 0. The van der Waals surface area contributed by atoms with Crippen LogP contribution in [0.4, 0.5) is 4.39 Å². The molecule has 0 aliphatic heterocycles. The molecule has 0 spiro atoms. The summed E-state index contributed by atoms with van der Waals surface area (Å²) in [6, 6.07) is 5.39. The van der Waals surface area contributed by atoms with Crippen LogP contribution in [-0.2, 0) is 4.79 Å². The molecule has 0 aliphatic carbocycles. The van der Waals surface area contributed by atoms with Gasteiger partial charge in [-0.3, -0.25) is 10.1 Å². The third-order valence-electron chi connectivity index (χ3n) is 2.09. The molecule has 0 aromatic heterocycles. The zero-order chi connectivity index (χ0) is 11.3. The molecular weight excluding hydrogens is 233 g/mol. The fourth-order valence-electron chi connectivity index (χ4n) is 1.35. The maximum absolute atomic E-state index is 12.6. The molecule has 0 saturated carbocycles. The third-order valence-corrected chi connectivity index (χ3v) is 2.09. The molecule has 88 valence electrons. The zero-order valence-corrected chi connectivity index (χ0v) is 9.43. The Hall–Kier alpha value is -1.43.